The first-order valence-corrected chi connectivity index (χ1v) is 9.22. The van der Waals surface area contributed by atoms with Crippen molar-refractivity contribution in [2.45, 2.75) is 63.3 Å². The van der Waals surface area contributed by atoms with E-state index in [1.807, 2.05) is 24.3 Å². The highest BCUT2D eigenvalue weighted by Crippen LogP contribution is 2.19. The molecule has 0 unspecified atom stereocenters. The smallest absolute Gasteiger partial charge is 0.323 e. The quantitative estimate of drug-likeness (QED) is 0.375. The number of aliphatic hydroxyl groups is 4. The minimum atomic E-state index is -1.61. The summed E-state index contributed by atoms with van der Waals surface area (Å²) in [5.41, 5.74) is 2.17. The third kappa shape index (κ3) is 5.73. The number of aliphatic hydroxyl groups excluding tert-OH is 4. The van der Waals surface area contributed by atoms with Crippen molar-refractivity contribution in [2.75, 3.05) is 6.61 Å². The average Bonchev–Trinajstić information content (AvgIpc) is 2.67. The molecule has 6 N–H and O–H groups in total. The summed E-state index contributed by atoms with van der Waals surface area (Å²) in [5.74, 6) is -0.0986. The molecule has 1 aliphatic heterocycles. The van der Waals surface area contributed by atoms with Crippen molar-refractivity contribution in [1.82, 2.24) is 10.6 Å². The number of hydrogen-bond donors (Lipinski definition) is 6. The highest BCUT2D eigenvalue weighted by molar-refractivity contribution is 5.94. The SMILES string of the molecule is CC(C)c1ccc(CCC(=O)NC(=O)N[C@@H]2O[C@H](CO)[C@@H](O)[C@H](O)[C@H]2O)cc1. The van der Waals surface area contributed by atoms with E-state index in [4.69, 9.17) is 9.84 Å². The van der Waals surface area contributed by atoms with Gasteiger partial charge in [-0.25, -0.2) is 4.79 Å². The Morgan fingerprint density at radius 2 is 1.71 bits per heavy atom. The van der Waals surface area contributed by atoms with Crippen LogP contribution in [0.3, 0.4) is 0 Å². The van der Waals surface area contributed by atoms with Crippen LogP contribution in [0.5, 0.6) is 0 Å². The van der Waals surface area contributed by atoms with Crippen molar-refractivity contribution in [2.24, 2.45) is 0 Å². The van der Waals surface area contributed by atoms with Crippen LogP contribution in [0.25, 0.3) is 0 Å². The number of carbonyl (C=O) groups is 2. The minimum Gasteiger partial charge on any atom is -0.394 e. The third-order valence-electron chi connectivity index (χ3n) is 4.71. The molecule has 1 aromatic carbocycles. The van der Waals surface area contributed by atoms with Crippen molar-refractivity contribution < 1.29 is 34.8 Å². The molecule has 0 aliphatic carbocycles. The van der Waals surface area contributed by atoms with Crippen molar-refractivity contribution in [3.63, 3.8) is 0 Å². The van der Waals surface area contributed by atoms with Crippen LogP contribution >= 0.6 is 0 Å². The zero-order chi connectivity index (χ0) is 20.8. The van der Waals surface area contributed by atoms with Crippen LogP contribution in [0, 0.1) is 0 Å². The summed E-state index contributed by atoms with van der Waals surface area (Å²) in [6, 6.07) is 6.98. The second-order valence-corrected chi connectivity index (χ2v) is 7.17. The monoisotopic (exact) mass is 396 g/mol. The second-order valence-electron chi connectivity index (χ2n) is 7.17. The van der Waals surface area contributed by atoms with E-state index in [1.165, 1.54) is 5.56 Å². The molecule has 1 heterocycles. The lowest BCUT2D eigenvalue weighted by Gasteiger charge is -2.39. The molecular formula is C19H28N2O7. The van der Waals surface area contributed by atoms with Gasteiger partial charge in [0.25, 0.3) is 0 Å². The van der Waals surface area contributed by atoms with E-state index in [2.05, 4.69) is 24.5 Å². The Morgan fingerprint density at radius 3 is 2.29 bits per heavy atom. The van der Waals surface area contributed by atoms with E-state index in [0.717, 1.165) is 5.56 Å². The van der Waals surface area contributed by atoms with Crippen LogP contribution in [0.4, 0.5) is 4.79 Å². The van der Waals surface area contributed by atoms with Crippen molar-refractivity contribution in [3.8, 4) is 0 Å². The number of benzene rings is 1. The molecule has 1 fully saturated rings. The van der Waals surface area contributed by atoms with Gasteiger partial charge in [-0.15, -0.1) is 0 Å². The Labute approximate surface area is 163 Å². The molecule has 1 saturated heterocycles. The van der Waals surface area contributed by atoms with Crippen LogP contribution in [0.2, 0.25) is 0 Å². The Hall–Kier alpha value is -2.04. The molecule has 1 aromatic rings. The number of hydrogen-bond acceptors (Lipinski definition) is 7. The summed E-state index contributed by atoms with van der Waals surface area (Å²) in [6.45, 7) is 3.58. The van der Waals surface area contributed by atoms with Gasteiger partial charge in [0.05, 0.1) is 6.61 Å². The first-order valence-electron chi connectivity index (χ1n) is 9.22. The molecule has 0 bridgehead atoms. The Kier molecular flexibility index (Phi) is 7.90. The lowest BCUT2D eigenvalue weighted by atomic mass is 9.98. The van der Waals surface area contributed by atoms with Gasteiger partial charge in [0.2, 0.25) is 5.91 Å². The molecular weight excluding hydrogens is 368 g/mol. The summed E-state index contributed by atoms with van der Waals surface area (Å²) < 4.78 is 5.15. The number of rotatable bonds is 6. The number of nitrogens with one attached hydrogen (secondary N) is 2. The molecule has 0 aromatic heterocycles. The van der Waals surface area contributed by atoms with Gasteiger partial charge in [-0.05, 0) is 23.5 Å². The van der Waals surface area contributed by atoms with Crippen LogP contribution in [-0.2, 0) is 16.0 Å². The van der Waals surface area contributed by atoms with Crippen LogP contribution in [0.15, 0.2) is 24.3 Å². The molecule has 28 heavy (non-hydrogen) atoms. The van der Waals surface area contributed by atoms with Crippen LogP contribution < -0.4 is 10.6 Å². The van der Waals surface area contributed by atoms with Gasteiger partial charge in [0, 0.05) is 6.42 Å². The summed E-state index contributed by atoms with van der Waals surface area (Å²) in [6.07, 6.45) is -6.73. The maximum Gasteiger partial charge on any atom is 0.323 e. The Bertz CT molecular complexity index is 663. The van der Waals surface area contributed by atoms with Gasteiger partial charge in [0.15, 0.2) is 6.23 Å². The molecule has 1 aliphatic rings. The summed E-state index contributed by atoms with van der Waals surface area (Å²) in [5, 5.41) is 42.7. The fraction of sp³-hybridized carbons (Fsp3) is 0.579. The molecule has 9 nitrogen and oxygen atoms in total. The second kappa shape index (κ2) is 9.94. The van der Waals surface area contributed by atoms with E-state index in [-0.39, 0.29) is 6.42 Å². The highest BCUT2D eigenvalue weighted by atomic mass is 16.6. The number of carbonyl (C=O) groups excluding carboxylic acids is 2. The first kappa shape index (κ1) is 22.3. The molecule has 0 spiro atoms. The molecule has 3 amide bonds. The van der Waals surface area contributed by atoms with E-state index < -0.39 is 49.2 Å². The number of ether oxygens (including phenoxy) is 1. The normalized spacial score (nSPS) is 27.5. The van der Waals surface area contributed by atoms with Gasteiger partial charge >= 0.3 is 6.03 Å². The predicted octanol–water partition coefficient (Wildman–Crippen LogP) is -0.632. The summed E-state index contributed by atoms with van der Waals surface area (Å²) in [7, 11) is 0. The van der Waals surface area contributed by atoms with E-state index in [0.29, 0.717) is 12.3 Å². The first-order chi connectivity index (χ1) is 13.2. The van der Waals surface area contributed by atoms with Crippen molar-refractivity contribution in [3.05, 3.63) is 35.4 Å². The maximum atomic E-state index is 12.0. The molecule has 9 heteroatoms. The predicted molar refractivity (Wildman–Crippen MR) is 99.3 cm³/mol. The lowest BCUT2D eigenvalue weighted by molar-refractivity contribution is -0.233. The number of aryl methyl sites for hydroxylation is 1. The maximum absolute atomic E-state index is 12.0. The van der Waals surface area contributed by atoms with Gasteiger partial charge in [-0.3, -0.25) is 10.1 Å². The highest BCUT2D eigenvalue weighted by Gasteiger charge is 2.44. The zero-order valence-corrected chi connectivity index (χ0v) is 15.9. The van der Waals surface area contributed by atoms with Crippen LogP contribution in [0.1, 0.15) is 37.3 Å². The molecule has 156 valence electrons. The summed E-state index contributed by atoms with van der Waals surface area (Å²) in [4.78, 5) is 23.9. The number of amides is 3. The fourth-order valence-corrected chi connectivity index (χ4v) is 2.90. The van der Waals surface area contributed by atoms with E-state index in [9.17, 15) is 24.9 Å². The lowest BCUT2D eigenvalue weighted by Crippen LogP contribution is -2.64. The number of imide groups is 1. The van der Waals surface area contributed by atoms with Gasteiger partial charge in [-0.2, -0.15) is 0 Å². The fourth-order valence-electron chi connectivity index (χ4n) is 2.90. The van der Waals surface area contributed by atoms with Gasteiger partial charge in [-0.1, -0.05) is 38.1 Å². The Morgan fingerprint density at radius 1 is 1.07 bits per heavy atom. The molecule has 0 saturated carbocycles. The topological polar surface area (TPSA) is 148 Å². The van der Waals surface area contributed by atoms with E-state index >= 15 is 0 Å². The molecule has 0 radical (unpaired) electrons. The van der Waals surface area contributed by atoms with Gasteiger partial charge < -0.3 is 30.5 Å². The standard InChI is InChI=1S/C19H28N2O7/c1-10(2)12-6-3-11(4-7-12)5-8-14(23)20-19(27)21-18-17(26)16(25)15(24)13(9-22)28-18/h3-4,6-7,10,13,15-18,22,24-26H,5,8-9H2,1-2H3,(H2,20,21,23,27)/t13-,15-,16+,17-,18-/m1/s1. The summed E-state index contributed by atoms with van der Waals surface area (Å²) >= 11 is 0. The average molecular weight is 396 g/mol. The zero-order valence-electron chi connectivity index (χ0n) is 15.9. The molecule has 5 atom stereocenters. The van der Waals surface area contributed by atoms with Crippen molar-refractivity contribution in [1.29, 1.82) is 0 Å². The van der Waals surface area contributed by atoms with Gasteiger partial charge in [0.1, 0.15) is 24.4 Å². The third-order valence-corrected chi connectivity index (χ3v) is 4.71. The van der Waals surface area contributed by atoms with Crippen molar-refractivity contribution >= 4 is 11.9 Å². The Balaban J connectivity index is 1.81. The van der Waals surface area contributed by atoms with E-state index in [1.54, 1.807) is 0 Å². The minimum absolute atomic E-state index is 0.0864. The van der Waals surface area contributed by atoms with Crippen LogP contribution in [-0.4, -0.2) is 69.6 Å². The number of urea groups is 1. The molecule has 2 rings (SSSR count). The largest absolute Gasteiger partial charge is 0.394 e.